The minimum atomic E-state index is -1.02. The highest BCUT2D eigenvalue weighted by molar-refractivity contribution is 6.18. The Morgan fingerprint density at radius 2 is 1.50 bits per heavy atom. The molecule has 1 heterocycles. The van der Waals surface area contributed by atoms with Crippen LogP contribution in [0.5, 0.6) is 0 Å². The molecule has 1 aliphatic carbocycles. The maximum Gasteiger partial charge on any atom is 0.247 e. The molecule has 3 unspecified atom stereocenters. The lowest BCUT2D eigenvalue weighted by molar-refractivity contribution is -0.141. The highest BCUT2D eigenvalue weighted by Crippen LogP contribution is 2.61. The molecule has 1 aliphatic heterocycles. The number of nitrogens with one attached hydrogen (secondary N) is 1. The van der Waals surface area contributed by atoms with Crippen LogP contribution in [0.25, 0.3) is 0 Å². The Morgan fingerprint density at radius 1 is 0.906 bits per heavy atom. The molecule has 32 heavy (non-hydrogen) atoms. The molecule has 1 N–H and O–H groups in total. The summed E-state index contributed by atoms with van der Waals surface area (Å²) in [6.45, 7) is 0.790. The topological polar surface area (TPSA) is 66.5 Å². The first-order valence-corrected chi connectivity index (χ1v) is 10.9. The van der Waals surface area contributed by atoms with Crippen molar-refractivity contribution in [1.82, 2.24) is 10.2 Å². The van der Waals surface area contributed by atoms with E-state index in [1.54, 1.807) is 17.0 Å². The summed E-state index contributed by atoms with van der Waals surface area (Å²) < 4.78 is 0. The van der Waals surface area contributed by atoms with Crippen LogP contribution in [0.3, 0.4) is 0 Å². The largest absolute Gasteiger partial charge is 0.350 e. The molecule has 5 nitrogen and oxygen atoms in total. The number of hydrogen-bond donors (Lipinski definition) is 1. The zero-order valence-corrected chi connectivity index (χ0v) is 17.6. The minimum Gasteiger partial charge on any atom is -0.350 e. The molecule has 5 heteroatoms. The van der Waals surface area contributed by atoms with Crippen LogP contribution in [0.2, 0.25) is 0 Å². The van der Waals surface area contributed by atoms with Crippen LogP contribution in [-0.4, -0.2) is 29.0 Å². The molecule has 3 atom stereocenters. The number of rotatable bonds is 7. The van der Waals surface area contributed by atoms with E-state index in [4.69, 9.17) is 0 Å². The Morgan fingerprint density at radius 3 is 2.16 bits per heavy atom. The molecule has 0 spiro atoms. The fourth-order valence-electron chi connectivity index (χ4n) is 4.82. The molecule has 5 rings (SSSR count). The first-order chi connectivity index (χ1) is 15.6. The predicted octanol–water partition coefficient (Wildman–Crippen LogP) is 3.78. The normalized spacial score (nSPS) is 22.2. The monoisotopic (exact) mass is 424 g/mol. The molecular weight excluding hydrogens is 400 g/mol. The number of nitrogens with zero attached hydrogens (tertiary/aromatic N) is 1. The van der Waals surface area contributed by atoms with Crippen molar-refractivity contribution in [3.63, 3.8) is 0 Å². The van der Waals surface area contributed by atoms with E-state index in [2.05, 4.69) is 5.32 Å². The highest BCUT2D eigenvalue weighted by Gasteiger charge is 2.71. The van der Waals surface area contributed by atoms with Gasteiger partial charge in [-0.2, -0.15) is 0 Å². The molecule has 2 amide bonds. The Bertz CT molecular complexity index is 1150. The van der Waals surface area contributed by atoms with E-state index in [9.17, 15) is 14.4 Å². The van der Waals surface area contributed by atoms with Crippen molar-refractivity contribution >= 4 is 17.6 Å². The highest BCUT2D eigenvalue weighted by atomic mass is 16.2. The number of ketones is 1. The van der Waals surface area contributed by atoms with Crippen molar-refractivity contribution in [1.29, 1.82) is 0 Å². The summed E-state index contributed by atoms with van der Waals surface area (Å²) in [5.41, 5.74) is 1.26. The van der Waals surface area contributed by atoms with E-state index >= 15 is 0 Å². The van der Waals surface area contributed by atoms with Gasteiger partial charge in [0.25, 0.3) is 0 Å². The predicted molar refractivity (Wildman–Crippen MR) is 120 cm³/mol. The standard InChI is InChI=1S/C27H24N2O3/c30-24(21-14-8-3-9-15-21)27-16-22(27)18-29(26(27)32)23(20-12-6-2-7-13-20)25(31)28-17-19-10-4-1-5-11-19/h1-15,22-23H,16-18H2,(H,28,31). The average Bonchev–Trinajstić information content (AvgIpc) is 3.51. The summed E-state index contributed by atoms with van der Waals surface area (Å²) >= 11 is 0. The average molecular weight is 425 g/mol. The lowest BCUT2D eigenvalue weighted by atomic mass is 9.92. The number of carbonyl (C=O) groups is 3. The fourth-order valence-corrected chi connectivity index (χ4v) is 4.82. The van der Waals surface area contributed by atoms with Gasteiger partial charge in [0, 0.05) is 18.7 Å². The van der Waals surface area contributed by atoms with Gasteiger partial charge in [-0.25, -0.2) is 0 Å². The maximum absolute atomic E-state index is 13.6. The van der Waals surface area contributed by atoms with Gasteiger partial charge in [-0.05, 0) is 23.5 Å². The molecule has 0 radical (unpaired) electrons. The van der Waals surface area contributed by atoms with Gasteiger partial charge in [0.05, 0.1) is 0 Å². The van der Waals surface area contributed by atoms with E-state index in [0.717, 1.165) is 11.1 Å². The third kappa shape index (κ3) is 3.40. The van der Waals surface area contributed by atoms with Crippen molar-refractivity contribution in [3.8, 4) is 0 Å². The van der Waals surface area contributed by atoms with Crippen molar-refractivity contribution in [2.75, 3.05) is 6.54 Å². The molecular formula is C27H24N2O3. The Hall–Kier alpha value is -3.73. The van der Waals surface area contributed by atoms with Gasteiger partial charge in [0.15, 0.2) is 5.78 Å². The summed E-state index contributed by atoms with van der Waals surface area (Å²) in [7, 11) is 0. The number of amides is 2. The number of carbonyl (C=O) groups excluding carboxylic acids is 3. The number of fused-ring (bicyclic) bond motifs is 1. The van der Waals surface area contributed by atoms with Crippen LogP contribution < -0.4 is 5.32 Å². The zero-order valence-electron chi connectivity index (χ0n) is 17.6. The maximum atomic E-state index is 13.6. The summed E-state index contributed by atoms with van der Waals surface area (Å²) in [6, 6.07) is 27.2. The van der Waals surface area contributed by atoms with Crippen LogP contribution >= 0.6 is 0 Å². The number of likely N-dealkylation sites (tertiary alicyclic amines) is 1. The van der Waals surface area contributed by atoms with Crippen molar-refractivity contribution in [2.24, 2.45) is 11.3 Å². The van der Waals surface area contributed by atoms with Crippen LogP contribution in [0.4, 0.5) is 0 Å². The van der Waals surface area contributed by atoms with Gasteiger partial charge in [-0.15, -0.1) is 0 Å². The summed E-state index contributed by atoms with van der Waals surface area (Å²) in [5.74, 6) is -0.653. The van der Waals surface area contributed by atoms with Crippen LogP contribution in [0.1, 0.15) is 33.9 Å². The van der Waals surface area contributed by atoms with E-state index in [-0.39, 0.29) is 23.5 Å². The first-order valence-electron chi connectivity index (χ1n) is 10.9. The smallest absolute Gasteiger partial charge is 0.247 e. The van der Waals surface area contributed by atoms with Crippen LogP contribution in [-0.2, 0) is 16.1 Å². The number of piperidine rings is 1. The van der Waals surface area contributed by atoms with Gasteiger partial charge in [-0.1, -0.05) is 91.0 Å². The van der Waals surface area contributed by atoms with Crippen molar-refractivity contribution in [3.05, 3.63) is 108 Å². The van der Waals surface area contributed by atoms with Crippen LogP contribution in [0.15, 0.2) is 91.0 Å². The second-order valence-corrected chi connectivity index (χ2v) is 8.54. The lowest BCUT2D eigenvalue weighted by Gasteiger charge is -2.30. The first kappa shape index (κ1) is 20.2. The second kappa shape index (κ2) is 8.08. The van der Waals surface area contributed by atoms with Gasteiger partial charge < -0.3 is 10.2 Å². The third-order valence-electron chi connectivity index (χ3n) is 6.59. The van der Waals surface area contributed by atoms with E-state index in [1.807, 2.05) is 78.9 Å². The van der Waals surface area contributed by atoms with Crippen molar-refractivity contribution in [2.45, 2.75) is 19.0 Å². The quantitative estimate of drug-likeness (QED) is 0.464. The lowest BCUT2D eigenvalue weighted by Crippen LogP contribution is -2.44. The number of benzene rings is 3. The van der Waals surface area contributed by atoms with E-state index in [0.29, 0.717) is 25.1 Å². The molecule has 3 aromatic carbocycles. The molecule has 0 bridgehead atoms. The molecule has 2 fully saturated rings. The summed E-state index contributed by atoms with van der Waals surface area (Å²) in [5, 5.41) is 2.98. The molecule has 160 valence electrons. The molecule has 1 saturated heterocycles. The Kier molecular flexibility index (Phi) is 5.10. The van der Waals surface area contributed by atoms with Crippen LogP contribution in [0, 0.1) is 11.3 Å². The Balaban J connectivity index is 1.41. The fraction of sp³-hybridized carbons (Fsp3) is 0.222. The second-order valence-electron chi connectivity index (χ2n) is 8.54. The number of Topliss-reactive ketones (excluding diaryl/α,β-unsaturated/α-hetero) is 1. The number of hydrogen-bond acceptors (Lipinski definition) is 3. The molecule has 0 aromatic heterocycles. The SMILES string of the molecule is O=C(NCc1ccccc1)C(c1ccccc1)N1CC2CC2(C(=O)c2ccccc2)C1=O. The van der Waals surface area contributed by atoms with Gasteiger partial charge in [0.2, 0.25) is 11.8 Å². The summed E-state index contributed by atoms with van der Waals surface area (Å²) in [4.78, 5) is 41.8. The molecule has 2 aliphatic rings. The van der Waals surface area contributed by atoms with Gasteiger partial charge in [0.1, 0.15) is 11.5 Å². The zero-order chi connectivity index (χ0) is 22.1. The third-order valence-corrected chi connectivity index (χ3v) is 6.59. The summed E-state index contributed by atoms with van der Waals surface area (Å²) in [6.07, 6.45) is 0.559. The Labute approximate surface area is 187 Å². The van der Waals surface area contributed by atoms with Crippen molar-refractivity contribution < 1.29 is 14.4 Å². The van der Waals surface area contributed by atoms with Gasteiger partial charge >= 0.3 is 0 Å². The van der Waals surface area contributed by atoms with E-state index < -0.39 is 11.5 Å². The van der Waals surface area contributed by atoms with E-state index in [1.165, 1.54) is 0 Å². The minimum absolute atomic E-state index is 0.0455. The molecule has 3 aromatic rings. The van der Waals surface area contributed by atoms with Gasteiger partial charge in [-0.3, -0.25) is 14.4 Å². The molecule has 1 saturated carbocycles.